The molecule has 4 rings (SSSR count). The highest BCUT2D eigenvalue weighted by Crippen LogP contribution is 2.28. The first-order chi connectivity index (χ1) is 15.0. The van der Waals surface area contributed by atoms with Crippen LogP contribution in [0, 0.1) is 19.8 Å². The van der Waals surface area contributed by atoms with Crippen molar-refractivity contribution in [3.8, 4) is 16.9 Å². The summed E-state index contributed by atoms with van der Waals surface area (Å²) in [5.74, 6) is -0.390. The Kier molecular flexibility index (Phi) is 5.89. The Bertz CT molecular complexity index is 1100. The third-order valence-electron chi connectivity index (χ3n) is 6.06. The van der Waals surface area contributed by atoms with Crippen molar-refractivity contribution in [2.75, 3.05) is 20.2 Å². The smallest absolute Gasteiger partial charge is 0.308 e. The fourth-order valence-corrected chi connectivity index (χ4v) is 4.00. The minimum atomic E-state index is -0.195. The van der Waals surface area contributed by atoms with Crippen LogP contribution >= 0.6 is 0 Å². The van der Waals surface area contributed by atoms with E-state index in [2.05, 4.69) is 26.0 Å². The monoisotopic (exact) mass is 417 g/mol. The number of amides is 1. The van der Waals surface area contributed by atoms with Crippen molar-refractivity contribution in [2.45, 2.75) is 26.7 Å². The Balaban J connectivity index is 1.68. The number of para-hydroxylation sites is 1. The third-order valence-corrected chi connectivity index (χ3v) is 6.06. The number of aromatic nitrogens is 2. The van der Waals surface area contributed by atoms with Crippen LogP contribution < -0.4 is 0 Å². The summed E-state index contributed by atoms with van der Waals surface area (Å²) in [4.78, 5) is 27.1. The molecule has 0 unspecified atom stereocenters. The quantitative estimate of drug-likeness (QED) is 0.598. The molecule has 1 aromatic heterocycles. The summed E-state index contributed by atoms with van der Waals surface area (Å²) in [5, 5.41) is 4.79. The summed E-state index contributed by atoms with van der Waals surface area (Å²) in [6, 6.07) is 15.9. The lowest BCUT2D eigenvalue weighted by molar-refractivity contribution is -0.146. The molecule has 1 aliphatic heterocycles. The number of benzene rings is 2. The molecular weight excluding hydrogens is 390 g/mol. The molecule has 1 fully saturated rings. The summed E-state index contributed by atoms with van der Waals surface area (Å²) in [6.07, 6.45) is 3.04. The number of nitrogens with zero attached hydrogens (tertiary/aromatic N) is 3. The van der Waals surface area contributed by atoms with Crippen molar-refractivity contribution in [3.05, 3.63) is 71.4 Å². The fraction of sp³-hybridized carbons (Fsp3) is 0.320. The van der Waals surface area contributed by atoms with E-state index in [0.717, 1.165) is 16.8 Å². The lowest BCUT2D eigenvalue weighted by atomic mass is 9.96. The zero-order valence-corrected chi connectivity index (χ0v) is 18.2. The van der Waals surface area contributed by atoms with E-state index in [4.69, 9.17) is 9.84 Å². The molecule has 2 aromatic carbocycles. The Morgan fingerprint density at radius 2 is 1.71 bits per heavy atom. The second-order valence-corrected chi connectivity index (χ2v) is 8.06. The average Bonchev–Trinajstić information content (AvgIpc) is 3.26. The van der Waals surface area contributed by atoms with Gasteiger partial charge in [-0.3, -0.25) is 9.59 Å². The van der Waals surface area contributed by atoms with Gasteiger partial charge in [0.25, 0.3) is 5.91 Å². The van der Waals surface area contributed by atoms with Gasteiger partial charge in [0.05, 0.1) is 24.3 Å². The maximum atomic E-state index is 13.5. The van der Waals surface area contributed by atoms with Crippen molar-refractivity contribution in [3.63, 3.8) is 0 Å². The molecule has 1 saturated heterocycles. The zero-order valence-electron chi connectivity index (χ0n) is 18.2. The second kappa shape index (κ2) is 8.76. The van der Waals surface area contributed by atoms with Crippen molar-refractivity contribution < 1.29 is 14.3 Å². The number of likely N-dealkylation sites (tertiary alicyclic amines) is 1. The number of hydrogen-bond acceptors (Lipinski definition) is 4. The summed E-state index contributed by atoms with van der Waals surface area (Å²) in [5.41, 5.74) is 5.42. The lowest BCUT2D eigenvalue weighted by Gasteiger charge is -2.30. The van der Waals surface area contributed by atoms with Gasteiger partial charge in [-0.2, -0.15) is 5.10 Å². The van der Waals surface area contributed by atoms with Gasteiger partial charge >= 0.3 is 5.97 Å². The van der Waals surface area contributed by atoms with Gasteiger partial charge in [0, 0.05) is 24.8 Å². The van der Waals surface area contributed by atoms with Crippen LogP contribution in [-0.2, 0) is 9.53 Å². The maximum Gasteiger partial charge on any atom is 0.308 e. The molecule has 0 atom stereocenters. The lowest BCUT2D eigenvalue weighted by Crippen LogP contribution is -2.40. The number of ether oxygens (including phenoxy) is 1. The first kappa shape index (κ1) is 20.8. The number of aryl methyl sites for hydroxylation is 2. The van der Waals surface area contributed by atoms with Crippen LogP contribution in [0.25, 0.3) is 16.9 Å². The van der Waals surface area contributed by atoms with E-state index < -0.39 is 0 Å². The van der Waals surface area contributed by atoms with Crippen LogP contribution in [-0.4, -0.2) is 46.8 Å². The van der Waals surface area contributed by atoms with Gasteiger partial charge in [0.2, 0.25) is 0 Å². The molecule has 0 aliphatic carbocycles. The van der Waals surface area contributed by atoms with Crippen LogP contribution in [0.3, 0.4) is 0 Å². The normalized spacial score (nSPS) is 14.5. The molecule has 0 N–H and O–H groups in total. The molecule has 0 bridgehead atoms. The molecule has 160 valence electrons. The summed E-state index contributed by atoms with van der Waals surface area (Å²) >= 11 is 0. The topological polar surface area (TPSA) is 64.4 Å². The van der Waals surface area contributed by atoms with Gasteiger partial charge < -0.3 is 9.64 Å². The summed E-state index contributed by atoms with van der Waals surface area (Å²) in [6.45, 7) is 5.19. The Labute approximate surface area is 182 Å². The Morgan fingerprint density at radius 3 is 2.35 bits per heavy atom. The molecule has 1 amide bonds. The molecular formula is C25H27N3O3. The third kappa shape index (κ3) is 4.24. The van der Waals surface area contributed by atoms with Gasteiger partial charge in [-0.25, -0.2) is 4.68 Å². The maximum absolute atomic E-state index is 13.5. The zero-order chi connectivity index (χ0) is 22.0. The predicted octanol–water partition coefficient (Wildman–Crippen LogP) is 4.18. The van der Waals surface area contributed by atoms with Gasteiger partial charge in [0.1, 0.15) is 5.69 Å². The van der Waals surface area contributed by atoms with Crippen LogP contribution in [0.15, 0.2) is 54.7 Å². The number of carbonyl (C=O) groups excluding carboxylic acids is 2. The molecule has 6 heteroatoms. The highest BCUT2D eigenvalue weighted by atomic mass is 16.5. The first-order valence-electron chi connectivity index (χ1n) is 10.6. The second-order valence-electron chi connectivity index (χ2n) is 8.06. The van der Waals surface area contributed by atoms with Crippen molar-refractivity contribution >= 4 is 11.9 Å². The minimum Gasteiger partial charge on any atom is -0.469 e. The van der Waals surface area contributed by atoms with Gasteiger partial charge in [-0.05, 0) is 56.0 Å². The molecule has 1 aliphatic rings. The molecule has 6 nitrogen and oxygen atoms in total. The number of piperidine rings is 1. The van der Waals surface area contributed by atoms with Crippen LogP contribution in [0.4, 0.5) is 0 Å². The van der Waals surface area contributed by atoms with Crippen LogP contribution in [0.5, 0.6) is 0 Å². The SMILES string of the molecule is COC(=O)C1CCN(C(=O)c2cn(-c3ccccc3)nc2-c2ccc(C)c(C)c2)CC1. The number of carbonyl (C=O) groups is 2. The summed E-state index contributed by atoms with van der Waals surface area (Å²) < 4.78 is 6.63. The van der Waals surface area contributed by atoms with Gasteiger partial charge in [-0.15, -0.1) is 0 Å². The van der Waals surface area contributed by atoms with E-state index >= 15 is 0 Å². The average molecular weight is 418 g/mol. The van der Waals surface area contributed by atoms with Crippen molar-refractivity contribution in [2.24, 2.45) is 5.92 Å². The number of esters is 1. The molecule has 31 heavy (non-hydrogen) atoms. The van der Waals surface area contributed by atoms with Gasteiger partial charge in [0.15, 0.2) is 0 Å². The Morgan fingerprint density at radius 1 is 1.00 bits per heavy atom. The van der Waals surface area contributed by atoms with E-state index in [0.29, 0.717) is 37.2 Å². The van der Waals surface area contributed by atoms with Crippen molar-refractivity contribution in [1.82, 2.24) is 14.7 Å². The van der Waals surface area contributed by atoms with E-state index in [1.165, 1.54) is 12.7 Å². The molecule has 3 aromatic rings. The van der Waals surface area contributed by atoms with E-state index in [1.54, 1.807) is 4.68 Å². The van der Waals surface area contributed by atoms with E-state index in [9.17, 15) is 9.59 Å². The van der Waals surface area contributed by atoms with Crippen LogP contribution in [0.1, 0.15) is 34.3 Å². The van der Waals surface area contributed by atoms with Gasteiger partial charge in [-0.1, -0.05) is 30.3 Å². The van der Waals surface area contributed by atoms with E-state index in [1.807, 2.05) is 47.5 Å². The van der Waals surface area contributed by atoms with Crippen molar-refractivity contribution in [1.29, 1.82) is 0 Å². The Hall–Kier alpha value is -3.41. The molecule has 0 spiro atoms. The fourth-order valence-electron chi connectivity index (χ4n) is 4.00. The van der Waals surface area contributed by atoms with E-state index in [-0.39, 0.29) is 17.8 Å². The number of methoxy groups -OCH3 is 1. The molecule has 2 heterocycles. The highest BCUT2D eigenvalue weighted by molar-refractivity contribution is 6.00. The first-order valence-corrected chi connectivity index (χ1v) is 10.6. The molecule has 0 saturated carbocycles. The standard InChI is InChI=1S/C25H27N3O3/c1-17-9-10-20(15-18(17)2)23-22(16-28(26-23)21-7-5-4-6-8-21)24(29)27-13-11-19(12-14-27)25(30)31-3/h4-10,15-16,19H,11-14H2,1-3H3. The number of hydrogen-bond donors (Lipinski definition) is 0. The minimum absolute atomic E-state index is 0.0567. The van der Waals surface area contributed by atoms with Crippen LogP contribution in [0.2, 0.25) is 0 Å². The highest BCUT2D eigenvalue weighted by Gasteiger charge is 2.30. The number of rotatable bonds is 4. The largest absolute Gasteiger partial charge is 0.469 e. The molecule has 0 radical (unpaired) electrons. The predicted molar refractivity (Wildman–Crippen MR) is 119 cm³/mol. The summed E-state index contributed by atoms with van der Waals surface area (Å²) in [7, 11) is 1.41.